The summed E-state index contributed by atoms with van der Waals surface area (Å²) >= 11 is 0. The molecule has 0 saturated carbocycles. The van der Waals surface area contributed by atoms with Crippen molar-refractivity contribution in [1.82, 2.24) is 9.13 Å². The Labute approximate surface area is 399 Å². The molecule has 13 aromatic rings. The third kappa shape index (κ3) is 7.41. The highest BCUT2D eigenvalue weighted by Gasteiger charge is 2.18. The van der Waals surface area contributed by atoms with Gasteiger partial charge in [0.2, 0.25) is 0 Å². The molecule has 3 heterocycles. The second kappa shape index (κ2) is 17.2. The van der Waals surface area contributed by atoms with E-state index < -0.39 is 0 Å². The first kappa shape index (κ1) is 41.2. The van der Waals surface area contributed by atoms with E-state index in [4.69, 9.17) is 15.6 Å². The van der Waals surface area contributed by atoms with Gasteiger partial charge in [-0.2, -0.15) is 0 Å². The number of nitrogens with one attached hydrogen (secondary N) is 1. The highest BCUT2D eigenvalue weighted by Crippen LogP contribution is 2.41. The van der Waals surface area contributed by atoms with Crippen LogP contribution in [0.3, 0.4) is 0 Å². The van der Waals surface area contributed by atoms with Gasteiger partial charge in [0.1, 0.15) is 17.0 Å². The van der Waals surface area contributed by atoms with Crippen LogP contribution in [0.4, 0.5) is 0 Å². The number of nitrogens with two attached hydrogens (primary N) is 1. The van der Waals surface area contributed by atoms with Crippen molar-refractivity contribution in [3.05, 3.63) is 253 Å². The number of amidine groups is 2. The third-order valence-corrected chi connectivity index (χ3v) is 13.2. The van der Waals surface area contributed by atoms with E-state index in [9.17, 15) is 0 Å². The van der Waals surface area contributed by atoms with Crippen LogP contribution in [0.5, 0.6) is 0 Å². The van der Waals surface area contributed by atoms with E-state index in [1.807, 2.05) is 60.7 Å². The second-order valence-electron chi connectivity index (χ2n) is 17.4. The van der Waals surface area contributed by atoms with Crippen molar-refractivity contribution < 1.29 is 4.42 Å². The lowest BCUT2D eigenvalue weighted by atomic mass is 9.98. The summed E-state index contributed by atoms with van der Waals surface area (Å²) in [6.45, 7) is 2.16. The third-order valence-electron chi connectivity index (χ3n) is 13.2. The summed E-state index contributed by atoms with van der Waals surface area (Å²) in [5, 5.41) is 15.2. The number of furan rings is 1. The zero-order valence-electron chi connectivity index (χ0n) is 37.8. The Morgan fingerprint density at radius 1 is 0.406 bits per heavy atom. The van der Waals surface area contributed by atoms with Crippen LogP contribution >= 0.6 is 0 Å². The van der Waals surface area contributed by atoms with Gasteiger partial charge in [0, 0.05) is 54.8 Å². The zero-order valence-corrected chi connectivity index (χ0v) is 37.8. The molecule has 3 N–H and O–H groups in total. The molecule has 3 aromatic heterocycles. The van der Waals surface area contributed by atoms with E-state index >= 15 is 0 Å². The first-order chi connectivity index (χ1) is 34.0. The fourth-order valence-corrected chi connectivity index (χ4v) is 9.88. The van der Waals surface area contributed by atoms with Crippen LogP contribution in [0.1, 0.15) is 16.7 Å². The van der Waals surface area contributed by atoms with E-state index in [1.165, 1.54) is 82.5 Å². The van der Waals surface area contributed by atoms with Crippen molar-refractivity contribution >= 4 is 77.2 Å². The summed E-state index contributed by atoms with van der Waals surface area (Å²) in [4.78, 5) is 4.10. The van der Waals surface area contributed by atoms with Crippen LogP contribution in [-0.4, -0.2) is 20.8 Å². The molecule has 69 heavy (non-hydrogen) atoms. The normalized spacial score (nSPS) is 11.8. The first-order valence-electron chi connectivity index (χ1n) is 23.2. The minimum Gasteiger partial charge on any atom is -0.456 e. The van der Waals surface area contributed by atoms with Gasteiger partial charge in [-0.05, 0) is 120 Å². The minimum atomic E-state index is 0.173. The molecule has 0 aliphatic carbocycles. The van der Waals surface area contributed by atoms with E-state index in [1.54, 1.807) is 0 Å². The molecule has 0 unspecified atom stereocenters. The molecular formula is C63H45N5O. The number of hydrogen-bond acceptors (Lipinski definition) is 2. The number of rotatable bonds is 6. The Bertz CT molecular complexity index is 4090. The topological polar surface area (TPSA) is 85.2 Å². The lowest BCUT2D eigenvalue weighted by Crippen LogP contribution is -2.15. The molecule has 0 aliphatic rings. The van der Waals surface area contributed by atoms with Gasteiger partial charge in [-0.15, -0.1) is 0 Å². The van der Waals surface area contributed by atoms with Gasteiger partial charge in [0.15, 0.2) is 5.84 Å². The van der Waals surface area contributed by atoms with Crippen molar-refractivity contribution in [1.29, 1.82) is 5.41 Å². The SMILES string of the molecule is Cc1cccc2oc3ccc(-c4ccc5c(c4)c4cc(-c6ccc7c(c6)c6ccccc6n7-c6ccccc6)ccc4n5-c4ccccc4)cc3c12.N=C(N=C(N)c1ccccc1)c1ccccc1. The largest absolute Gasteiger partial charge is 0.456 e. The second-order valence-corrected chi connectivity index (χ2v) is 17.4. The molecule has 6 heteroatoms. The van der Waals surface area contributed by atoms with Crippen LogP contribution in [0, 0.1) is 12.3 Å². The maximum absolute atomic E-state index is 7.84. The Balaban J connectivity index is 0.000000246. The molecular weight excluding hydrogens is 843 g/mol. The summed E-state index contributed by atoms with van der Waals surface area (Å²) in [6.07, 6.45) is 0. The van der Waals surface area contributed by atoms with Gasteiger partial charge in [-0.3, -0.25) is 5.41 Å². The van der Waals surface area contributed by atoms with Crippen LogP contribution in [0.15, 0.2) is 246 Å². The molecule has 0 bridgehead atoms. The lowest BCUT2D eigenvalue weighted by Gasteiger charge is -2.09. The maximum Gasteiger partial charge on any atom is 0.154 e. The van der Waals surface area contributed by atoms with Crippen molar-refractivity contribution in [3.63, 3.8) is 0 Å². The average molecular weight is 888 g/mol. The van der Waals surface area contributed by atoms with Gasteiger partial charge < -0.3 is 19.3 Å². The van der Waals surface area contributed by atoms with Gasteiger partial charge in [0.25, 0.3) is 0 Å². The number of aryl methyl sites for hydroxylation is 1. The summed E-state index contributed by atoms with van der Waals surface area (Å²) in [6, 6.07) is 82.5. The maximum atomic E-state index is 7.84. The molecule has 0 amide bonds. The number of nitrogens with zero attached hydrogens (tertiary/aromatic N) is 3. The molecule has 0 fully saturated rings. The van der Waals surface area contributed by atoms with Crippen molar-refractivity contribution in [2.24, 2.45) is 10.7 Å². The number of fused-ring (bicyclic) bond motifs is 9. The number of hydrogen-bond donors (Lipinski definition) is 2. The molecule has 10 aromatic carbocycles. The van der Waals surface area contributed by atoms with Crippen LogP contribution in [0.25, 0.3) is 99.2 Å². The van der Waals surface area contributed by atoms with Crippen molar-refractivity contribution in [2.45, 2.75) is 6.92 Å². The zero-order chi connectivity index (χ0) is 46.4. The summed E-state index contributed by atoms with van der Waals surface area (Å²) in [5.41, 5.74) is 22.4. The molecule has 13 rings (SSSR count). The predicted molar refractivity (Wildman–Crippen MR) is 288 cm³/mol. The van der Waals surface area contributed by atoms with Gasteiger partial charge >= 0.3 is 0 Å². The fraction of sp³-hybridized carbons (Fsp3) is 0.0159. The Kier molecular flexibility index (Phi) is 10.3. The van der Waals surface area contributed by atoms with Crippen LogP contribution in [0.2, 0.25) is 0 Å². The number of aromatic nitrogens is 2. The quantitative estimate of drug-likeness (QED) is 0.129. The van der Waals surface area contributed by atoms with Crippen molar-refractivity contribution in [2.75, 3.05) is 0 Å². The van der Waals surface area contributed by atoms with E-state index in [2.05, 4.69) is 197 Å². The molecule has 0 spiro atoms. The standard InChI is InChI=1S/C49H32N2O.C14H13N3/c1-31-11-10-18-48-49(31)42-30-35(22-26-47(42)52-48)34-21-25-46-41(29-34)40-28-33(20-24-45(40)51(46)37-14-6-3-7-15-37)32-19-23-44-39(27-32)38-16-8-9-17-43(38)50(44)36-12-4-2-5-13-36;15-13(11-7-3-1-4-8-11)17-14(16)12-9-5-2-6-10-12/h2-30H,1H3;1-10H,(H3,15,16,17). The molecule has 0 saturated heterocycles. The van der Waals surface area contributed by atoms with Crippen LogP contribution < -0.4 is 5.73 Å². The number of para-hydroxylation sites is 3. The Morgan fingerprint density at radius 3 is 1.39 bits per heavy atom. The van der Waals surface area contributed by atoms with Gasteiger partial charge in [-0.1, -0.05) is 152 Å². The Morgan fingerprint density at radius 2 is 0.841 bits per heavy atom. The number of aliphatic imine (C=N–C) groups is 1. The lowest BCUT2D eigenvalue weighted by molar-refractivity contribution is 0.669. The highest BCUT2D eigenvalue weighted by atomic mass is 16.3. The summed E-state index contributed by atoms with van der Waals surface area (Å²) in [7, 11) is 0. The smallest absolute Gasteiger partial charge is 0.154 e. The fourth-order valence-electron chi connectivity index (χ4n) is 9.88. The summed E-state index contributed by atoms with van der Waals surface area (Å²) in [5.74, 6) is 0.534. The molecule has 0 aliphatic heterocycles. The van der Waals surface area contributed by atoms with Crippen LogP contribution in [-0.2, 0) is 0 Å². The first-order valence-corrected chi connectivity index (χ1v) is 23.2. The molecule has 0 atom stereocenters. The van der Waals surface area contributed by atoms with E-state index in [-0.39, 0.29) is 5.84 Å². The molecule has 328 valence electrons. The highest BCUT2D eigenvalue weighted by molar-refractivity contribution is 6.14. The summed E-state index contributed by atoms with van der Waals surface area (Å²) < 4.78 is 11.0. The predicted octanol–water partition coefficient (Wildman–Crippen LogP) is 15.8. The van der Waals surface area contributed by atoms with E-state index in [0.717, 1.165) is 33.4 Å². The molecule has 0 radical (unpaired) electrons. The van der Waals surface area contributed by atoms with Gasteiger partial charge in [0.05, 0.1) is 22.1 Å². The average Bonchev–Trinajstić information content (AvgIpc) is 4.07. The monoisotopic (exact) mass is 887 g/mol. The minimum absolute atomic E-state index is 0.173. The van der Waals surface area contributed by atoms with Gasteiger partial charge in [-0.25, -0.2) is 4.99 Å². The number of benzene rings is 10. The Hall–Kier alpha value is -9.26. The van der Waals surface area contributed by atoms with Crippen molar-refractivity contribution in [3.8, 4) is 33.6 Å². The van der Waals surface area contributed by atoms with E-state index in [0.29, 0.717) is 5.84 Å². The molecule has 6 nitrogen and oxygen atoms in total.